The minimum Gasteiger partial charge on any atom is -0.378 e. The van der Waals surface area contributed by atoms with Crippen molar-refractivity contribution in [2.45, 2.75) is 38.2 Å². The van der Waals surface area contributed by atoms with Crippen LogP contribution in [-0.4, -0.2) is 26.4 Å². The highest BCUT2D eigenvalue weighted by Gasteiger charge is 2.32. The number of benzene rings is 1. The molecule has 1 saturated heterocycles. The quantitative estimate of drug-likeness (QED) is 0.364. The van der Waals surface area contributed by atoms with E-state index in [1.54, 1.807) is 6.20 Å². The summed E-state index contributed by atoms with van der Waals surface area (Å²) in [6, 6.07) is 9.41. The van der Waals surface area contributed by atoms with Crippen LogP contribution in [0.3, 0.4) is 0 Å². The second-order valence-electron chi connectivity index (χ2n) is 8.12. The van der Waals surface area contributed by atoms with Crippen LogP contribution in [0.1, 0.15) is 36.9 Å². The predicted octanol–water partition coefficient (Wildman–Crippen LogP) is 5.96. The van der Waals surface area contributed by atoms with Crippen LogP contribution in [0.15, 0.2) is 55.0 Å². The Morgan fingerprint density at radius 1 is 1.03 bits per heavy atom. The fourth-order valence-electron chi connectivity index (χ4n) is 4.07. The molecule has 1 aliphatic heterocycles. The highest BCUT2D eigenvalue weighted by Crippen LogP contribution is 2.32. The molecule has 10 heteroatoms. The Balaban J connectivity index is 1.49. The summed E-state index contributed by atoms with van der Waals surface area (Å²) < 4.78 is 59.9. The molecule has 0 radical (unpaired) electrons. The molecule has 1 atom stereocenters. The van der Waals surface area contributed by atoms with Crippen LogP contribution in [0.4, 0.5) is 23.2 Å². The molecule has 1 unspecified atom stereocenters. The molecular weight excluding hydrogens is 450 g/mol. The van der Waals surface area contributed by atoms with E-state index in [-0.39, 0.29) is 12.8 Å². The van der Waals surface area contributed by atoms with E-state index in [0.717, 1.165) is 54.2 Å². The lowest BCUT2D eigenvalue weighted by atomic mass is 10.0. The number of nitrogens with zero attached hydrogens (tertiary/aromatic N) is 4. The van der Waals surface area contributed by atoms with Gasteiger partial charge in [0.05, 0.1) is 35.8 Å². The molecule has 34 heavy (non-hydrogen) atoms. The van der Waals surface area contributed by atoms with Crippen molar-refractivity contribution in [3.8, 4) is 11.1 Å². The van der Waals surface area contributed by atoms with Gasteiger partial charge in [0, 0.05) is 23.8 Å². The first-order valence-corrected chi connectivity index (χ1v) is 10.9. The molecule has 1 N–H and O–H groups in total. The Morgan fingerprint density at radius 3 is 2.62 bits per heavy atom. The number of alkyl halides is 3. The van der Waals surface area contributed by atoms with E-state index in [0.29, 0.717) is 23.6 Å². The van der Waals surface area contributed by atoms with Crippen molar-refractivity contribution >= 4 is 16.6 Å². The Labute approximate surface area is 192 Å². The number of anilines is 1. The van der Waals surface area contributed by atoms with Gasteiger partial charge < -0.3 is 10.1 Å². The smallest absolute Gasteiger partial charge is 0.378 e. The molecule has 1 fully saturated rings. The van der Waals surface area contributed by atoms with Crippen molar-refractivity contribution in [2.24, 2.45) is 0 Å². The minimum absolute atomic E-state index is 0.195. The Bertz CT molecular complexity index is 1300. The number of pyridine rings is 2. The van der Waals surface area contributed by atoms with Gasteiger partial charge in [-0.3, -0.25) is 4.98 Å². The second kappa shape index (κ2) is 9.02. The van der Waals surface area contributed by atoms with Crippen LogP contribution >= 0.6 is 0 Å². The number of rotatable bonds is 5. The summed E-state index contributed by atoms with van der Waals surface area (Å²) in [6.45, 7) is 0.915. The fourth-order valence-corrected chi connectivity index (χ4v) is 4.07. The van der Waals surface area contributed by atoms with Gasteiger partial charge in [-0.05, 0) is 55.2 Å². The largest absolute Gasteiger partial charge is 0.433 e. The van der Waals surface area contributed by atoms with Crippen LogP contribution in [0, 0.1) is 5.82 Å². The summed E-state index contributed by atoms with van der Waals surface area (Å²) in [5.74, 6) is -0.430. The first kappa shape index (κ1) is 22.3. The molecule has 5 rings (SSSR count). The van der Waals surface area contributed by atoms with Gasteiger partial charge in [0.2, 0.25) is 0 Å². The third kappa shape index (κ3) is 4.58. The van der Waals surface area contributed by atoms with E-state index < -0.39 is 17.7 Å². The first-order valence-electron chi connectivity index (χ1n) is 10.9. The highest BCUT2D eigenvalue weighted by molar-refractivity contribution is 5.87. The van der Waals surface area contributed by atoms with Crippen LogP contribution in [0.5, 0.6) is 0 Å². The number of halogens is 4. The summed E-state index contributed by atoms with van der Waals surface area (Å²) in [5, 5.41) is 8.71. The number of hydrogen-bond donors (Lipinski definition) is 1. The number of ether oxygens (including phenoxy) is 1. The molecular formula is C24H21F4N5O. The van der Waals surface area contributed by atoms with Gasteiger partial charge in [0.25, 0.3) is 0 Å². The maximum atomic E-state index is 13.7. The zero-order valence-corrected chi connectivity index (χ0v) is 18.0. The van der Waals surface area contributed by atoms with E-state index in [1.165, 1.54) is 12.1 Å². The topological polar surface area (TPSA) is 64.9 Å². The molecule has 3 aromatic heterocycles. The normalized spacial score (nSPS) is 16.6. The number of hydrogen-bond acceptors (Lipinski definition) is 5. The van der Waals surface area contributed by atoms with E-state index in [9.17, 15) is 17.6 Å². The van der Waals surface area contributed by atoms with Crippen molar-refractivity contribution < 1.29 is 22.3 Å². The van der Waals surface area contributed by atoms with Gasteiger partial charge in [-0.25, -0.2) is 14.1 Å². The molecule has 0 aliphatic carbocycles. The van der Waals surface area contributed by atoms with Crippen LogP contribution in [0.2, 0.25) is 0 Å². The van der Waals surface area contributed by atoms with Gasteiger partial charge in [-0.1, -0.05) is 6.07 Å². The van der Waals surface area contributed by atoms with Crippen molar-refractivity contribution in [1.29, 1.82) is 0 Å². The molecule has 176 valence electrons. The third-order valence-electron chi connectivity index (χ3n) is 5.76. The average Bonchev–Trinajstić information content (AvgIpc) is 3.21. The summed E-state index contributed by atoms with van der Waals surface area (Å²) in [6.07, 6.45) is 2.07. The van der Waals surface area contributed by atoms with E-state index in [2.05, 4.69) is 15.3 Å². The molecule has 0 spiro atoms. The lowest BCUT2D eigenvalue weighted by Crippen LogP contribution is -2.19. The maximum absolute atomic E-state index is 13.7. The molecule has 0 bridgehead atoms. The fraction of sp³-hybridized carbons (Fsp3) is 0.292. The monoisotopic (exact) mass is 471 g/mol. The van der Waals surface area contributed by atoms with Crippen LogP contribution < -0.4 is 5.32 Å². The summed E-state index contributed by atoms with van der Waals surface area (Å²) >= 11 is 0. The van der Waals surface area contributed by atoms with E-state index >= 15 is 0 Å². The number of aromatic nitrogens is 4. The molecule has 1 aromatic carbocycles. The van der Waals surface area contributed by atoms with Crippen LogP contribution in [-0.2, 0) is 17.5 Å². The van der Waals surface area contributed by atoms with Crippen molar-refractivity contribution in [3.05, 3.63) is 72.2 Å². The van der Waals surface area contributed by atoms with E-state index in [1.807, 2.05) is 22.9 Å². The molecule has 0 saturated carbocycles. The van der Waals surface area contributed by atoms with Crippen molar-refractivity contribution in [3.63, 3.8) is 0 Å². The van der Waals surface area contributed by atoms with Crippen LogP contribution in [0.25, 0.3) is 22.0 Å². The molecule has 1 aliphatic rings. The molecule has 6 nitrogen and oxygen atoms in total. The Hall–Kier alpha value is -3.53. The lowest BCUT2D eigenvalue weighted by Gasteiger charge is -2.23. The second-order valence-corrected chi connectivity index (χ2v) is 8.12. The minimum atomic E-state index is -4.49. The third-order valence-corrected chi connectivity index (χ3v) is 5.76. The number of fused-ring (bicyclic) bond motifs is 1. The Kier molecular flexibility index (Phi) is 5.91. The average molecular weight is 471 g/mol. The van der Waals surface area contributed by atoms with E-state index in [4.69, 9.17) is 9.84 Å². The Morgan fingerprint density at radius 2 is 1.91 bits per heavy atom. The predicted molar refractivity (Wildman–Crippen MR) is 118 cm³/mol. The van der Waals surface area contributed by atoms with Gasteiger partial charge in [0.15, 0.2) is 6.23 Å². The van der Waals surface area contributed by atoms with Crippen molar-refractivity contribution in [1.82, 2.24) is 19.7 Å². The summed E-state index contributed by atoms with van der Waals surface area (Å²) in [5.41, 5.74) is 2.46. The number of nitrogens with one attached hydrogen (secondary N) is 1. The standard InChI is InChI=1S/C24H21F4N5O/c25-17-9-16(11-29-12-17)15-4-6-21-19(10-15)20(32-33(21)23-3-1-2-8-34-23)14-30-18-5-7-22(31-13-18)24(26,27)28/h4-7,9-13,23,30H,1-3,8,14H2. The van der Waals surface area contributed by atoms with Crippen molar-refractivity contribution in [2.75, 3.05) is 11.9 Å². The van der Waals surface area contributed by atoms with Gasteiger partial charge in [-0.2, -0.15) is 18.3 Å². The highest BCUT2D eigenvalue weighted by atomic mass is 19.4. The SMILES string of the molecule is Fc1cncc(-c2ccc3c(c2)c(CNc2ccc(C(F)(F)F)nc2)nn3C2CCCCO2)c1. The van der Waals surface area contributed by atoms with Gasteiger partial charge >= 0.3 is 6.18 Å². The zero-order chi connectivity index (χ0) is 23.7. The lowest BCUT2D eigenvalue weighted by molar-refractivity contribution is -0.141. The maximum Gasteiger partial charge on any atom is 0.433 e. The molecule has 4 heterocycles. The van der Waals surface area contributed by atoms with Gasteiger partial charge in [-0.15, -0.1) is 0 Å². The van der Waals surface area contributed by atoms with Gasteiger partial charge in [0.1, 0.15) is 11.5 Å². The summed E-state index contributed by atoms with van der Waals surface area (Å²) in [4.78, 5) is 7.42. The first-order chi connectivity index (χ1) is 16.4. The molecule has 4 aromatic rings. The zero-order valence-electron chi connectivity index (χ0n) is 18.0. The summed E-state index contributed by atoms with van der Waals surface area (Å²) in [7, 11) is 0. The molecule has 0 amide bonds.